The number of aryl methyl sites for hydroxylation is 1. The Bertz CT molecular complexity index is 752. The zero-order valence-electron chi connectivity index (χ0n) is 15.4. The van der Waals surface area contributed by atoms with Crippen molar-refractivity contribution in [2.45, 2.75) is 18.2 Å². The van der Waals surface area contributed by atoms with E-state index in [0.29, 0.717) is 18.8 Å². The summed E-state index contributed by atoms with van der Waals surface area (Å²) >= 11 is 0. The Balaban J connectivity index is 2.33. The first-order valence-electron chi connectivity index (χ1n) is 8.52. The van der Waals surface area contributed by atoms with Gasteiger partial charge in [-0.3, -0.25) is 4.79 Å². The highest BCUT2D eigenvalue weighted by molar-refractivity contribution is 7.89. The molecule has 152 valence electrons. The lowest BCUT2D eigenvalue weighted by Gasteiger charge is -2.27. The average molecular weight is 406 g/mol. The highest BCUT2D eigenvalue weighted by atomic mass is 32.2. The maximum atomic E-state index is 12.9. The van der Waals surface area contributed by atoms with Crippen molar-refractivity contribution < 1.29 is 31.5 Å². The van der Waals surface area contributed by atoms with Gasteiger partial charge in [0.15, 0.2) is 0 Å². The average Bonchev–Trinajstić information content (AvgIpc) is 2.65. The molecule has 0 aliphatic carbocycles. The van der Waals surface area contributed by atoms with E-state index in [-0.39, 0.29) is 36.7 Å². The number of sulfonamides is 1. The van der Waals surface area contributed by atoms with Crippen LogP contribution in [0.5, 0.6) is 0 Å². The lowest BCUT2D eigenvalue weighted by Crippen LogP contribution is -2.41. The van der Waals surface area contributed by atoms with Crippen LogP contribution in [0.1, 0.15) is 15.9 Å². The molecule has 0 spiro atoms. The molecule has 0 atom stereocenters. The van der Waals surface area contributed by atoms with Gasteiger partial charge in [0, 0.05) is 32.3 Å². The first-order chi connectivity index (χ1) is 12.8. The molecule has 1 saturated heterocycles. The standard InChI is InChI=1S/C17H24F2N2O5S/c1-13-3-4-14(27(23,24)21-6-9-26-10-7-21)11-15(13)17(22)20(5-8-25-2)12-16(18)19/h3-4,11,16H,5-10,12H2,1-2H3. The molecule has 2 rings (SSSR count). The molecular weight excluding hydrogens is 382 g/mol. The molecule has 1 heterocycles. The summed E-state index contributed by atoms with van der Waals surface area (Å²) in [6.45, 7) is 2.03. The molecule has 0 bridgehead atoms. The van der Waals surface area contributed by atoms with E-state index in [9.17, 15) is 22.0 Å². The Morgan fingerprint density at radius 3 is 2.59 bits per heavy atom. The summed E-state index contributed by atoms with van der Waals surface area (Å²) in [5, 5.41) is 0. The van der Waals surface area contributed by atoms with Gasteiger partial charge in [0.1, 0.15) is 0 Å². The molecule has 1 aromatic rings. The van der Waals surface area contributed by atoms with E-state index in [4.69, 9.17) is 9.47 Å². The summed E-state index contributed by atoms with van der Waals surface area (Å²) in [4.78, 5) is 13.7. The van der Waals surface area contributed by atoms with E-state index in [2.05, 4.69) is 0 Å². The Labute approximate surface area is 157 Å². The molecule has 0 N–H and O–H groups in total. The molecule has 1 aliphatic rings. The van der Waals surface area contributed by atoms with Crippen molar-refractivity contribution >= 4 is 15.9 Å². The van der Waals surface area contributed by atoms with Gasteiger partial charge >= 0.3 is 0 Å². The van der Waals surface area contributed by atoms with Crippen LogP contribution < -0.4 is 0 Å². The third-order valence-corrected chi connectivity index (χ3v) is 6.15. The van der Waals surface area contributed by atoms with Crippen LogP contribution in [-0.4, -0.2) is 83.1 Å². The minimum atomic E-state index is -3.79. The van der Waals surface area contributed by atoms with Crippen LogP contribution in [0.3, 0.4) is 0 Å². The fraction of sp³-hybridized carbons (Fsp3) is 0.588. The van der Waals surface area contributed by atoms with Crippen molar-refractivity contribution in [3.05, 3.63) is 29.3 Å². The van der Waals surface area contributed by atoms with Crippen molar-refractivity contribution in [1.82, 2.24) is 9.21 Å². The number of hydrogen-bond acceptors (Lipinski definition) is 5. The van der Waals surface area contributed by atoms with E-state index in [1.54, 1.807) is 6.92 Å². The molecule has 0 aromatic heterocycles. The number of methoxy groups -OCH3 is 1. The van der Waals surface area contributed by atoms with Gasteiger partial charge in [-0.05, 0) is 24.6 Å². The topological polar surface area (TPSA) is 76.2 Å². The van der Waals surface area contributed by atoms with Gasteiger partial charge in [0.2, 0.25) is 10.0 Å². The third-order valence-electron chi connectivity index (χ3n) is 4.26. The smallest absolute Gasteiger partial charge is 0.255 e. The summed E-state index contributed by atoms with van der Waals surface area (Å²) in [7, 11) is -2.38. The minimum absolute atomic E-state index is 0.0143. The van der Waals surface area contributed by atoms with Crippen molar-refractivity contribution in [3.8, 4) is 0 Å². The molecule has 0 unspecified atom stereocenters. The van der Waals surface area contributed by atoms with Crippen LogP contribution >= 0.6 is 0 Å². The normalized spacial score (nSPS) is 15.9. The predicted octanol–water partition coefficient (Wildman–Crippen LogP) is 1.37. The molecule has 0 saturated carbocycles. The van der Waals surface area contributed by atoms with Gasteiger partial charge in [0.25, 0.3) is 12.3 Å². The van der Waals surface area contributed by atoms with E-state index >= 15 is 0 Å². The number of ether oxygens (including phenoxy) is 2. The molecule has 0 radical (unpaired) electrons. The molecule has 1 aromatic carbocycles. The maximum absolute atomic E-state index is 12.9. The number of halogens is 2. The monoisotopic (exact) mass is 406 g/mol. The molecule has 7 nitrogen and oxygen atoms in total. The largest absolute Gasteiger partial charge is 0.383 e. The first kappa shape index (κ1) is 21.7. The molecule has 1 aliphatic heterocycles. The summed E-state index contributed by atoms with van der Waals surface area (Å²) in [6.07, 6.45) is -2.70. The summed E-state index contributed by atoms with van der Waals surface area (Å²) in [6, 6.07) is 4.19. The number of morpholine rings is 1. The zero-order valence-corrected chi connectivity index (χ0v) is 16.2. The molecule has 1 amide bonds. The second-order valence-corrected chi connectivity index (χ2v) is 8.07. The van der Waals surface area contributed by atoms with Crippen LogP contribution in [0.25, 0.3) is 0 Å². The van der Waals surface area contributed by atoms with Crippen LogP contribution in [0, 0.1) is 6.92 Å². The number of rotatable bonds is 8. The first-order valence-corrected chi connectivity index (χ1v) is 9.96. The molecule has 1 fully saturated rings. The van der Waals surface area contributed by atoms with Gasteiger partial charge in [0.05, 0.1) is 31.3 Å². The van der Waals surface area contributed by atoms with Crippen molar-refractivity contribution in [1.29, 1.82) is 0 Å². The summed E-state index contributed by atoms with van der Waals surface area (Å²) < 4.78 is 62.6. The summed E-state index contributed by atoms with van der Waals surface area (Å²) in [5.41, 5.74) is 0.596. The van der Waals surface area contributed by atoms with Crippen LogP contribution in [0.4, 0.5) is 8.78 Å². The van der Waals surface area contributed by atoms with Crippen LogP contribution in [-0.2, 0) is 19.5 Å². The molecular formula is C17H24F2N2O5S. The predicted molar refractivity (Wildman–Crippen MR) is 94.5 cm³/mol. The SMILES string of the molecule is COCCN(CC(F)F)C(=O)c1cc(S(=O)(=O)N2CCOCC2)ccc1C. The number of amides is 1. The second kappa shape index (κ2) is 9.54. The van der Waals surface area contributed by atoms with E-state index in [0.717, 1.165) is 4.90 Å². The number of benzene rings is 1. The Morgan fingerprint density at radius 2 is 2.00 bits per heavy atom. The molecule has 10 heteroatoms. The number of carbonyl (C=O) groups excluding carboxylic acids is 1. The lowest BCUT2D eigenvalue weighted by atomic mass is 10.1. The van der Waals surface area contributed by atoms with Crippen molar-refractivity contribution in [2.24, 2.45) is 0 Å². The van der Waals surface area contributed by atoms with Gasteiger partial charge in [-0.25, -0.2) is 17.2 Å². The number of hydrogen-bond donors (Lipinski definition) is 0. The van der Waals surface area contributed by atoms with Crippen LogP contribution in [0.2, 0.25) is 0 Å². The van der Waals surface area contributed by atoms with Gasteiger partial charge in [-0.15, -0.1) is 0 Å². The van der Waals surface area contributed by atoms with E-state index < -0.39 is 28.9 Å². The molecule has 27 heavy (non-hydrogen) atoms. The number of nitrogens with zero attached hydrogens (tertiary/aromatic N) is 2. The van der Waals surface area contributed by atoms with Crippen molar-refractivity contribution in [3.63, 3.8) is 0 Å². The lowest BCUT2D eigenvalue weighted by molar-refractivity contribution is 0.0477. The number of alkyl halides is 2. The fourth-order valence-corrected chi connectivity index (χ4v) is 4.18. The van der Waals surface area contributed by atoms with Crippen molar-refractivity contribution in [2.75, 3.05) is 53.1 Å². The third kappa shape index (κ3) is 5.44. The summed E-state index contributed by atoms with van der Waals surface area (Å²) in [5.74, 6) is -0.649. The Hall–Kier alpha value is -1.62. The second-order valence-electron chi connectivity index (χ2n) is 6.13. The highest BCUT2D eigenvalue weighted by Crippen LogP contribution is 2.22. The van der Waals surface area contributed by atoms with Gasteiger partial charge < -0.3 is 14.4 Å². The Morgan fingerprint density at radius 1 is 1.33 bits per heavy atom. The minimum Gasteiger partial charge on any atom is -0.383 e. The Kier molecular flexibility index (Phi) is 7.66. The maximum Gasteiger partial charge on any atom is 0.255 e. The van der Waals surface area contributed by atoms with E-state index in [1.807, 2.05) is 0 Å². The van der Waals surface area contributed by atoms with Gasteiger partial charge in [-0.2, -0.15) is 4.31 Å². The van der Waals surface area contributed by atoms with Crippen LogP contribution in [0.15, 0.2) is 23.1 Å². The van der Waals surface area contributed by atoms with E-state index in [1.165, 1.54) is 29.6 Å². The van der Waals surface area contributed by atoms with Gasteiger partial charge in [-0.1, -0.05) is 6.07 Å². The quantitative estimate of drug-likeness (QED) is 0.652. The highest BCUT2D eigenvalue weighted by Gasteiger charge is 2.28. The fourth-order valence-electron chi connectivity index (χ4n) is 2.74. The zero-order chi connectivity index (χ0) is 20.0. The number of carbonyl (C=O) groups is 1.